The molecule has 3 heteroatoms. The van der Waals surface area contributed by atoms with Crippen molar-refractivity contribution in [3.8, 4) is 0 Å². The maximum Gasteiger partial charge on any atom is 0.224 e. The third kappa shape index (κ3) is 3.03. The molecule has 4 aliphatic rings. The first-order valence-electron chi connectivity index (χ1n) is 9.03. The van der Waals surface area contributed by atoms with Crippen molar-refractivity contribution in [1.29, 1.82) is 0 Å². The van der Waals surface area contributed by atoms with E-state index in [1.54, 1.807) is 0 Å². The van der Waals surface area contributed by atoms with Crippen LogP contribution in [0.1, 0.15) is 56.9 Å². The van der Waals surface area contributed by atoms with E-state index in [1.165, 1.54) is 24.8 Å². The third-order valence-electron chi connectivity index (χ3n) is 6.37. The average molecular weight is 313 g/mol. The van der Waals surface area contributed by atoms with E-state index in [9.17, 15) is 9.90 Å². The van der Waals surface area contributed by atoms with Gasteiger partial charge in [-0.1, -0.05) is 17.7 Å². The van der Waals surface area contributed by atoms with Gasteiger partial charge < -0.3 is 10.4 Å². The van der Waals surface area contributed by atoms with E-state index in [2.05, 4.69) is 5.32 Å². The summed E-state index contributed by atoms with van der Waals surface area (Å²) in [7, 11) is 0. The van der Waals surface area contributed by atoms with Gasteiger partial charge in [0.1, 0.15) is 0 Å². The van der Waals surface area contributed by atoms with Gasteiger partial charge in [-0.25, -0.2) is 0 Å². The molecule has 0 aliphatic heterocycles. The number of carbonyl (C=O) groups is 1. The molecule has 1 aromatic rings. The molecule has 2 unspecified atom stereocenters. The lowest BCUT2D eigenvalue weighted by molar-refractivity contribution is -0.166. The van der Waals surface area contributed by atoms with Crippen LogP contribution in [-0.4, -0.2) is 16.6 Å². The normalized spacial score (nSPS) is 37.8. The largest absolute Gasteiger partial charge is 0.390 e. The second-order valence-corrected chi connectivity index (χ2v) is 8.60. The number of rotatable bonds is 4. The summed E-state index contributed by atoms with van der Waals surface area (Å²) < 4.78 is 0. The highest BCUT2D eigenvalue weighted by Gasteiger charge is 2.56. The first-order chi connectivity index (χ1) is 10.9. The monoisotopic (exact) mass is 313 g/mol. The maximum atomic E-state index is 12.3. The number of aliphatic hydroxyl groups is 1. The lowest BCUT2D eigenvalue weighted by atomic mass is 9.47. The highest BCUT2D eigenvalue weighted by atomic mass is 16.3. The van der Waals surface area contributed by atoms with Gasteiger partial charge in [0.2, 0.25) is 5.91 Å². The fourth-order valence-corrected chi connectivity index (χ4v) is 5.93. The van der Waals surface area contributed by atoms with Crippen molar-refractivity contribution in [1.82, 2.24) is 0 Å². The van der Waals surface area contributed by atoms with Gasteiger partial charge in [-0.15, -0.1) is 0 Å². The molecule has 0 radical (unpaired) electrons. The predicted molar refractivity (Wildman–Crippen MR) is 91.1 cm³/mol. The second-order valence-electron chi connectivity index (χ2n) is 8.60. The van der Waals surface area contributed by atoms with Gasteiger partial charge in [0.05, 0.1) is 5.60 Å². The summed E-state index contributed by atoms with van der Waals surface area (Å²) in [5.74, 6) is 1.50. The molecule has 0 aromatic heterocycles. The van der Waals surface area contributed by atoms with Gasteiger partial charge >= 0.3 is 0 Å². The molecule has 4 saturated carbocycles. The molecule has 2 N–H and O–H groups in total. The fourth-order valence-electron chi connectivity index (χ4n) is 5.93. The summed E-state index contributed by atoms with van der Waals surface area (Å²) in [5.41, 5.74) is 1.88. The molecular formula is C20H27NO2. The van der Waals surface area contributed by atoms with Gasteiger partial charge in [0.25, 0.3) is 0 Å². The highest BCUT2D eigenvalue weighted by Crippen LogP contribution is 2.63. The number of anilines is 1. The molecule has 3 nitrogen and oxygen atoms in total. The Morgan fingerprint density at radius 1 is 1.17 bits per heavy atom. The van der Waals surface area contributed by atoms with E-state index in [0.29, 0.717) is 18.3 Å². The first-order valence-corrected chi connectivity index (χ1v) is 9.03. The zero-order valence-corrected chi connectivity index (χ0v) is 14.0. The zero-order chi connectivity index (χ0) is 16.1. The quantitative estimate of drug-likeness (QED) is 0.881. The number of hydrogen-bond donors (Lipinski definition) is 2. The van der Waals surface area contributed by atoms with Gasteiger partial charge in [0, 0.05) is 12.1 Å². The molecule has 0 heterocycles. The Labute approximate surface area is 138 Å². The topological polar surface area (TPSA) is 49.3 Å². The van der Waals surface area contributed by atoms with Crippen molar-refractivity contribution >= 4 is 11.6 Å². The smallest absolute Gasteiger partial charge is 0.224 e. The molecule has 4 fully saturated rings. The Morgan fingerprint density at radius 2 is 1.83 bits per heavy atom. The molecular weight excluding hydrogens is 286 g/mol. The summed E-state index contributed by atoms with van der Waals surface area (Å²) in [5, 5.41) is 13.8. The van der Waals surface area contributed by atoms with Crippen molar-refractivity contribution in [3.63, 3.8) is 0 Å². The maximum absolute atomic E-state index is 12.3. The molecule has 5 rings (SSSR count). The molecule has 4 bridgehead atoms. The van der Waals surface area contributed by atoms with Crippen molar-refractivity contribution < 1.29 is 9.90 Å². The Morgan fingerprint density at radius 3 is 2.43 bits per heavy atom. The molecule has 124 valence electrons. The molecule has 0 saturated heterocycles. The van der Waals surface area contributed by atoms with Crippen LogP contribution in [0.2, 0.25) is 0 Å². The average Bonchev–Trinajstić information content (AvgIpc) is 2.45. The summed E-state index contributed by atoms with van der Waals surface area (Å²) in [4.78, 5) is 12.3. The summed E-state index contributed by atoms with van der Waals surface area (Å²) >= 11 is 0. The van der Waals surface area contributed by atoms with Crippen LogP contribution < -0.4 is 5.32 Å². The van der Waals surface area contributed by atoms with Gasteiger partial charge in [-0.05, 0) is 81.3 Å². The number of hydrogen-bond acceptors (Lipinski definition) is 2. The van der Waals surface area contributed by atoms with Crippen LogP contribution in [-0.2, 0) is 4.79 Å². The van der Waals surface area contributed by atoms with Gasteiger partial charge in [-0.2, -0.15) is 0 Å². The van der Waals surface area contributed by atoms with Crippen LogP contribution in [0, 0.1) is 24.2 Å². The number of carbonyl (C=O) groups excluding carboxylic acids is 1. The molecule has 2 atom stereocenters. The van der Waals surface area contributed by atoms with E-state index in [4.69, 9.17) is 0 Å². The lowest BCUT2D eigenvalue weighted by Crippen LogP contribution is -2.55. The van der Waals surface area contributed by atoms with E-state index < -0.39 is 5.60 Å². The van der Waals surface area contributed by atoms with Crippen molar-refractivity contribution in [2.75, 3.05) is 5.32 Å². The minimum absolute atomic E-state index is 0.108. The minimum atomic E-state index is -0.419. The first kappa shape index (κ1) is 15.2. The Bertz CT molecular complexity index is 593. The van der Waals surface area contributed by atoms with Crippen molar-refractivity contribution in [2.24, 2.45) is 17.3 Å². The molecule has 0 spiro atoms. The standard InChI is InChI=1S/C20H27NO2/c1-14-2-4-17(5-3-14)21-18(22)6-7-19-9-15-8-16(10-19)12-20(23,11-15)13-19/h2-5,15-16,23H,6-13H2,1H3,(H,21,22). The van der Waals surface area contributed by atoms with Crippen LogP contribution in [0.25, 0.3) is 0 Å². The number of benzene rings is 1. The van der Waals surface area contributed by atoms with Gasteiger partial charge in [0.15, 0.2) is 0 Å². The van der Waals surface area contributed by atoms with Crippen molar-refractivity contribution in [2.45, 2.75) is 63.9 Å². The van der Waals surface area contributed by atoms with Gasteiger partial charge in [-0.3, -0.25) is 4.79 Å². The highest BCUT2D eigenvalue weighted by molar-refractivity contribution is 5.90. The SMILES string of the molecule is Cc1ccc(NC(=O)CCC23CC4CC(CC(O)(C4)C2)C3)cc1. The predicted octanol–water partition coefficient (Wildman–Crippen LogP) is 4.05. The van der Waals surface area contributed by atoms with Crippen LogP contribution >= 0.6 is 0 Å². The molecule has 4 aliphatic carbocycles. The number of aryl methyl sites for hydroxylation is 1. The van der Waals surface area contributed by atoms with Crippen LogP contribution in [0.15, 0.2) is 24.3 Å². The number of amides is 1. The molecule has 1 aromatic carbocycles. The second kappa shape index (κ2) is 5.34. The van der Waals surface area contributed by atoms with Crippen molar-refractivity contribution in [3.05, 3.63) is 29.8 Å². The van der Waals surface area contributed by atoms with E-state index in [0.717, 1.165) is 31.4 Å². The van der Waals surface area contributed by atoms with Crippen LogP contribution in [0.4, 0.5) is 5.69 Å². The Kier molecular flexibility index (Phi) is 3.53. The summed E-state index contributed by atoms with van der Waals surface area (Å²) in [6.07, 6.45) is 8.18. The minimum Gasteiger partial charge on any atom is -0.390 e. The zero-order valence-electron chi connectivity index (χ0n) is 14.0. The van der Waals surface area contributed by atoms with E-state index in [1.807, 2.05) is 31.2 Å². The van der Waals surface area contributed by atoms with E-state index in [-0.39, 0.29) is 11.3 Å². The number of nitrogens with one attached hydrogen (secondary N) is 1. The Hall–Kier alpha value is -1.35. The molecule has 23 heavy (non-hydrogen) atoms. The third-order valence-corrected chi connectivity index (χ3v) is 6.37. The summed E-state index contributed by atoms with van der Waals surface area (Å²) in [6.45, 7) is 2.05. The van der Waals surface area contributed by atoms with E-state index >= 15 is 0 Å². The summed E-state index contributed by atoms with van der Waals surface area (Å²) in [6, 6.07) is 7.95. The Balaban J connectivity index is 1.37. The fraction of sp³-hybridized carbons (Fsp3) is 0.650. The lowest BCUT2D eigenvalue weighted by Gasteiger charge is -2.60. The molecule has 1 amide bonds. The van der Waals surface area contributed by atoms with Crippen LogP contribution in [0.5, 0.6) is 0 Å². The van der Waals surface area contributed by atoms with Crippen LogP contribution in [0.3, 0.4) is 0 Å².